The van der Waals surface area contributed by atoms with Gasteiger partial charge in [0.2, 0.25) is 5.91 Å². The second kappa shape index (κ2) is 4.67. The second-order valence-electron chi connectivity index (χ2n) is 6.07. The largest absolute Gasteiger partial charge is 0.353 e. The molecule has 1 amide bonds. The normalized spacial score (nSPS) is 34.3. The van der Waals surface area contributed by atoms with Gasteiger partial charge in [-0.05, 0) is 39.5 Å². The van der Waals surface area contributed by atoms with Gasteiger partial charge in [0.15, 0.2) is 9.84 Å². The van der Waals surface area contributed by atoms with Crippen LogP contribution in [0, 0.1) is 5.41 Å². The van der Waals surface area contributed by atoms with Crippen LogP contribution in [0.1, 0.15) is 39.5 Å². The van der Waals surface area contributed by atoms with Gasteiger partial charge in [-0.3, -0.25) is 4.79 Å². The lowest BCUT2D eigenvalue weighted by molar-refractivity contribution is -0.129. The van der Waals surface area contributed by atoms with Crippen LogP contribution < -0.4 is 5.32 Å². The third kappa shape index (κ3) is 2.39. The van der Waals surface area contributed by atoms with Crippen molar-refractivity contribution in [1.29, 1.82) is 0 Å². The molecule has 2 unspecified atom stereocenters. The molecule has 2 aliphatic heterocycles. The number of rotatable bonds is 3. The minimum absolute atomic E-state index is 0.0129. The molecule has 18 heavy (non-hydrogen) atoms. The number of amides is 1. The molecule has 4 nitrogen and oxygen atoms in total. The van der Waals surface area contributed by atoms with E-state index in [2.05, 4.69) is 5.32 Å². The Bertz CT molecular complexity index is 426. The van der Waals surface area contributed by atoms with Gasteiger partial charge in [0.1, 0.15) is 0 Å². The molecule has 0 spiro atoms. The van der Waals surface area contributed by atoms with E-state index in [1.165, 1.54) is 0 Å². The molecule has 1 N–H and O–H groups in total. The molecule has 2 saturated heterocycles. The van der Waals surface area contributed by atoms with Crippen LogP contribution in [0.25, 0.3) is 0 Å². The summed E-state index contributed by atoms with van der Waals surface area (Å²) in [5, 5.41) is 2.46. The standard InChI is InChI=1S/C12H20ClNO3S/c1-12(2,7-13)11(15)14-8-5-9-3-4-10(6-8)18(9,16)17/h8-10H,3-7H2,1-2H3,(H,14,15). The minimum Gasteiger partial charge on any atom is -0.353 e. The smallest absolute Gasteiger partial charge is 0.227 e. The first-order valence-corrected chi connectivity index (χ1v) is 8.51. The van der Waals surface area contributed by atoms with E-state index in [9.17, 15) is 13.2 Å². The van der Waals surface area contributed by atoms with Crippen LogP contribution in [-0.2, 0) is 14.6 Å². The number of nitrogens with one attached hydrogen (secondary N) is 1. The number of alkyl halides is 1. The Morgan fingerprint density at radius 2 is 1.78 bits per heavy atom. The third-order valence-electron chi connectivity index (χ3n) is 4.12. The summed E-state index contributed by atoms with van der Waals surface area (Å²) in [6, 6.07) is -0.0129. The van der Waals surface area contributed by atoms with Crippen LogP contribution in [-0.4, -0.2) is 36.7 Å². The van der Waals surface area contributed by atoms with Crippen molar-refractivity contribution in [2.75, 3.05) is 5.88 Å². The van der Waals surface area contributed by atoms with Gasteiger partial charge in [-0.25, -0.2) is 8.42 Å². The minimum atomic E-state index is -2.92. The van der Waals surface area contributed by atoms with E-state index < -0.39 is 15.3 Å². The number of carbonyl (C=O) groups is 1. The highest BCUT2D eigenvalue weighted by Gasteiger charge is 2.47. The van der Waals surface area contributed by atoms with Crippen molar-refractivity contribution in [3.63, 3.8) is 0 Å². The van der Waals surface area contributed by atoms with Crippen LogP contribution in [0.3, 0.4) is 0 Å². The molecule has 0 aromatic carbocycles. The number of fused-ring (bicyclic) bond motifs is 2. The van der Waals surface area contributed by atoms with E-state index >= 15 is 0 Å². The molecule has 2 bridgehead atoms. The molecule has 0 aromatic rings. The van der Waals surface area contributed by atoms with Crippen molar-refractivity contribution in [3.05, 3.63) is 0 Å². The summed E-state index contributed by atoms with van der Waals surface area (Å²) in [6.45, 7) is 3.59. The zero-order valence-corrected chi connectivity index (χ0v) is 12.4. The van der Waals surface area contributed by atoms with Crippen LogP contribution in [0.15, 0.2) is 0 Å². The fourth-order valence-corrected chi connectivity index (χ4v) is 5.36. The molecular weight excluding hydrogens is 274 g/mol. The van der Waals surface area contributed by atoms with E-state index in [1.807, 2.05) is 0 Å². The van der Waals surface area contributed by atoms with Crippen molar-refractivity contribution in [2.45, 2.75) is 56.1 Å². The van der Waals surface area contributed by atoms with Gasteiger partial charge in [0.05, 0.1) is 15.9 Å². The lowest BCUT2D eigenvalue weighted by atomic mass is 9.94. The van der Waals surface area contributed by atoms with Gasteiger partial charge in [-0.15, -0.1) is 11.6 Å². The average molecular weight is 294 g/mol. The number of hydrogen-bond donors (Lipinski definition) is 1. The maximum absolute atomic E-state index is 12.0. The second-order valence-corrected chi connectivity index (χ2v) is 8.85. The number of halogens is 1. The van der Waals surface area contributed by atoms with E-state index in [-0.39, 0.29) is 28.3 Å². The molecule has 104 valence electrons. The molecule has 2 fully saturated rings. The Hall–Kier alpha value is -0.290. The zero-order chi connectivity index (χ0) is 13.6. The average Bonchev–Trinajstić information content (AvgIpc) is 2.51. The quantitative estimate of drug-likeness (QED) is 0.802. The van der Waals surface area contributed by atoms with Crippen molar-refractivity contribution < 1.29 is 13.2 Å². The summed E-state index contributed by atoms with van der Waals surface area (Å²) >= 11 is 5.76. The Morgan fingerprint density at radius 3 is 2.22 bits per heavy atom. The van der Waals surface area contributed by atoms with Crippen molar-refractivity contribution in [3.8, 4) is 0 Å². The summed E-state index contributed by atoms with van der Waals surface area (Å²) in [6.07, 6.45) is 2.61. The van der Waals surface area contributed by atoms with Gasteiger partial charge in [0.25, 0.3) is 0 Å². The molecule has 0 saturated carbocycles. The fraction of sp³-hybridized carbons (Fsp3) is 0.917. The molecule has 0 aliphatic carbocycles. The van der Waals surface area contributed by atoms with E-state index in [1.54, 1.807) is 13.8 Å². The highest BCUT2D eigenvalue weighted by molar-refractivity contribution is 7.93. The molecule has 2 heterocycles. The number of sulfone groups is 1. The number of hydrogen-bond acceptors (Lipinski definition) is 3. The van der Waals surface area contributed by atoms with Gasteiger partial charge in [0, 0.05) is 11.9 Å². The first-order valence-electron chi connectivity index (χ1n) is 6.37. The fourth-order valence-electron chi connectivity index (χ4n) is 2.77. The van der Waals surface area contributed by atoms with Gasteiger partial charge in [-0.1, -0.05) is 0 Å². The third-order valence-corrected chi connectivity index (χ3v) is 7.50. The van der Waals surface area contributed by atoms with Crippen molar-refractivity contribution >= 4 is 27.3 Å². The van der Waals surface area contributed by atoms with Crippen molar-refractivity contribution in [1.82, 2.24) is 5.32 Å². The molecule has 6 heteroatoms. The van der Waals surface area contributed by atoms with E-state index in [4.69, 9.17) is 11.6 Å². The monoisotopic (exact) mass is 293 g/mol. The van der Waals surface area contributed by atoms with Crippen molar-refractivity contribution in [2.24, 2.45) is 5.41 Å². The molecular formula is C12H20ClNO3S. The molecule has 0 radical (unpaired) electrons. The summed E-state index contributed by atoms with van der Waals surface area (Å²) in [5.41, 5.74) is -0.600. The summed E-state index contributed by atoms with van der Waals surface area (Å²) in [4.78, 5) is 12.0. The predicted octanol–water partition coefficient (Wildman–Crippen LogP) is 1.48. The Labute approximate surface area is 113 Å². The Morgan fingerprint density at radius 1 is 1.28 bits per heavy atom. The van der Waals surface area contributed by atoms with E-state index in [0.717, 1.165) is 12.8 Å². The molecule has 0 aromatic heterocycles. The maximum atomic E-state index is 12.0. The van der Waals surface area contributed by atoms with Crippen LogP contribution in [0.2, 0.25) is 0 Å². The van der Waals surface area contributed by atoms with Crippen LogP contribution in [0.5, 0.6) is 0 Å². The van der Waals surface area contributed by atoms with Crippen LogP contribution >= 0.6 is 11.6 Å². The SMILES string of the molecule is CC(C)(CCl)C(=O)NC1CC2CCC(C1)S2(=O)=O. The molecule has 2 atom stereocenters. The lowest BCUT2D eigenvalue weighted by Gasteiger charge is -2.31. The lowest BCUT2D eigenvalue weighted by Crippen LogP contribution is -2.49. The van der Waals surface area contributed by atoms with Gasteiger partial charge >= 0.3 is 0 Å². The Balaban J connectivity index is 2.01. The molecule has 2 aliphatic rings. The number of carbonyl (C=O) groups excluding carboxylic acids is 1. The zero-order valence-electron chi connectivity index (χ0n) is 10.8. The van der Waals surface area contributed by atoms with E-state index in [0.29, 0.717) is 12.8 Å². The van der Waals surface area contributed by atoms with Gasteiger partial charge in [-0.2, -0.15) is 0 Å². The van der Waals surface area contributed by atoms with Crippen LogP contribution in [0.4, 0.5) is 0 Å². The molecule has 2 rings (SSSR count). The Kier molecular flexibility index (Phi) is 3.67. The van der Waals surface area contributed by atoms with Gasteiger partial charge < -0.3 is 5.32 Å². The highest BCUT2D eigenvalue weighted by atomic mass is 35.5. The predicted molar refractivity (Wildman–Crippen MR) is 71.4 cm³/mol. The summed E-state index contributed by atoms with van der Waals surface area (Å²) in [5.74, 6) is 0.178. The first kappa shape index (κ1) is 14.1. The topological polar surface area (TPSA) is 63.2 Å². The summed E-state index contributed by atoms with van der Waals surface area (Å²) in [7, 11) is -2.92. The first-order chi connectivity index (χ1) is 8.27. The highest BCUT2D eigenvalue weighted by Crippen LogP contribution is 2.38. The summed E-state index contributed by atoms with van der Waals surface area (Å²) < 4.78 is 23.9. The maximum Gasteiger partial charge on any atom is 0.227 e.